The summed E-state index contributed by atoms with van der Waals surface area (Å²) in [6.45, 7) is 3.93. The van der Waals surface area contributed by atoms with E-state index in [-0.39, 0.29) is 17.9 Å². The smallest absolute Gasteiger partial charge is 0.257 e. The number of carbonyl (C=O) groups excluding carboxylic acids is 2. The van der Waals surface area contributed by atoms with Crippen molar-refractivity contribution in [2.24, 2.45) is 0 Å². The minimum atomic E-state index is -0.152. The molecule has 4 heterocycles. The molecule has 3 aliphatic rings. The maximum absolute atomic E-state index is 13.9. The predicted molar refractivity (Wildman–Crippen MR) is 175 cm³/mol. The zero-order valence-electron chi connectivity index (χ0n) is 26.1. The molecule has 0 unspecified atom stereocenters. The van der Waals surface area contributed by atoms with Crippen molar-refractivity contribution >= 4 is 28.3 Å². The van der Waals surface area contributed by atoms with Gasteiger partial charge in [-0.05, 0) is 88.7 Å². The van der Waals surface area contributed by atoms with E-state index in [2.05, 4.69) is 15.2 Å². The lowest BCUT2D eigenvalue weighted by Gasteiger charge is -2.38. The highest BCUT2D eigenvalue weighted by molar-refractivity contribution is 7.19. The normalized spacial score (nSPS) is 19.5. The van der Waals surface area contributed by atoms with Crippen molar-refractivity contribution in [3.05, 3.63) is 59.5 Å². The van der Waals surface area contributed by atoms with Gasteiger partial charge in [-0.15, -0.1) is 0 Å². The number of likely N-dealkylation sites (tertiary alicyclic amines) is 1. The highest BCUT2D eigenvalue weighted by Crippen LogP contribution is 2.44. The van der Waals surface area contributed by atoms with Crippen LogP contribution in [0.5, 0.6) is 5.75 Å². The Morgan fingerprint density at radius 1 is 1.09 bits per heavy atom. The number of rotatable bonds is 7. The predicted octanol–water partition coefficient (Wildman–Crippen LogP) is 5.60. The number of carbonyl (C=O) groups is 2. The summed E-state index contributed by atoms with van der Waals surface area (Å²) in [7, 11) is 3.54. The molecule has 7 rings (SSSR count). The molecule has 10 nitrogen and oxygen atoms in total. The highest BCUT2D eigenvalue weighted by Gasteiger charge is 2.33. The molecule has 1 N–H and O–H groups in total. The maximum atomic E-state index is 13.9. The average molecular weight is 626 g/mol. The van der Waals surface area contributed by atoms with Gasteiger partial charge in [0.2, 0.25) is 5.91 Å². The third kappa shape index (κ3) is 5.63. The zero-order chi connectivity index (χ0) is 31.1. The van der Waals surface area contributed by atoms with Crippen LogP contribution in [0.25, 0.3) is 27.5 Å². The Kier molecular flexibility index (Phi) is 8.14. The minimum absolute atomic E-state index is 0.0220. The molecule has 1 saturated heterocycles. The van der Waals surface area contributed by atoms with Crippen molar-refractivity contribution in [3.8, 4) is 33.3 Å². The Morgan fingerprint density at radius 3 is 2.60 bits per heavy atom. The molecule has 45 heavy (non-hydrogen) atoms. The van der Waals surface area contributed by atoms with E-state index in [1.807, 2.05) is 53.2 Å². The van der Waals surface area contributed by atoms with Crippen molar-refractivity contribution < 1.29 is 14.3 Å². The number of methoxy groups -OCH3 is 1. The number of benzene rings is 1. The molecule has 11 heteroatoms. The third-order valence-corrected chi connectivity index (χ3v) is 10.6. The highest BCUT2D eigenvalue weighted by atomic mass is 32.1. The van der Waals surface area contributed by atoms with Gasteiger partial charge in [0.05, 0.1) is 40.3 Å². The molecule has 2 amide bonds. The summed E-state index contributed by atoms with van der Waals surface area (Å²) in [5.41, 5.74) is 6.12. The van der Waals surface area contributed by atoms with E-state index in [0.29, 0.717) is 22.5 Å². The molecule has 0 spiro atoms. The van der Waals surface area contributed by atoms with Crippen LogP contribution in [-0.2, 0) is 17.6 Å². The average Bonchev–Trinajstić information content (AvgIpc) is 3.83. The van der Waals surface area contributed by atoms with Crippen LogP contribution in [0.2, 0.25) is 0 Å². The van der Waals surface area contributed by atoms with Crippen LogP contribution in [0.15, 0.2) is 42.7 Å². The summed E-state index contributed by atoms with van der Waals surface area (Å²) in [4.78, 5) is 40.3. The Bertz CT molecular complexity index is 1720. The van der Waals surface area contributed by atoms with Gasteiger partial charge in [0.25, 0.3) is 5.91 Å². The fourth-order valence-corrected chi connectivity index (χ4v) is 8.37. The number of amides is 2. The van der Waals surface area contributed by atoms with E-state index in [0.717, 1.165) is 77.3 Å². The first kappa shape index (κ1) is 29.6. The quantitative estimate of drug-likeness (QED) is 0.285. The molecule has 2 aliphatic carbocycles. The summed E-state index contributed by atoms with van der Waals surface area (Å²) < 4.78 is 7.76. The number of pyridine rings is 1. The van der Waals surface area contributed by atoms with E-state index in [1.54, 1.807) is 13.3 Å². The second-order valence-corrected chi connectivity index (χ2v) is 13.3. The lowest BCUT2D eigenvalue weighted by atomic mass is 9.89. The molecule has 2 fully saturated rings. The van der Waals surface area contributed by atoms with Crippen LogP contribution in [0.1, 0.15) is 67.1 Å². The van der Waals surface area contributed by atoms with E-state index < -0.39 is 0 Å². The Morgan fingerprint density at radius 2 is 1.89 bits per heavy atom. The molecule has 0 atom stereocenters. The number of thiazole rings is 1. The van der Waals surface area contributed by atoms with Crippen LogP contribution in [0.4, 0.5) is 5.13 Å². The number of hydrogen-bond donors (Lipinski definition) is 1. The Labute approximate surface area is 267 Å². The molecule has 0 bridgehead atoms. The number of ether oxygens (including phenoxy) is 1. The summed E-state index contributed by atoms with van der Waals surface area (Å²) in [6, 6.07) is 10.5. The molecule has 4 aromatic rings. The summed E-state index contributed by atoms with van der Waals surface area (Å²) in [5, 5.41) is 8.54. The van der Waals surface area contributed by atoms with Gasteiger partial charge in [0, 0.05) is 55.6 Å². The topological polar surface area (TPSA) is 105 Å². The van der Waals surface area contributed by atoms with Gasteiger partial charge in [0.15, 0.2) is 5.13 Å². The largest absolute Gasteiger partial charge is 0.496 e. The van der Waals surface area contributed by atoms with Gasteiger partial charge < -0.3 is 19.9 Å². The molecule has 3 aromatic heterocycles. The number of aromatic nitrogens is 4. The van der Waals surface area contributed by atoms with Gasteiger partial charge in [-0.3, -0.25) is 14.6 Å². The lowest BCUT2D eigenvalue weighted by molar-refractivity contribution is -0.114. The number of fused-ring (bicyclic) bond motifs is 3. The van der Waals surface area contributed by atoms with Crippen molar-refractivity contribution in [1.29, 1.82) is 0 Å². The Balaban J connectivity index is 1.21. The van der Waals surface area contributed by atoms with Crippen LogP contribution in [-0.4, -0.2) is 80.7 Å². The SMILES string of the molecule is COc1cc(-n2nc(-c3cccnc3)c3c2-c2sc(NC(C)=O)nc2CC3)ccc1C(=O)N(C)C1CCC(N2CCCC2)CC1. The number of nitrogens with one attached hydrogen (secondary N) is 1. The van der Waals surface area contributed by atoms with Gasteiger partial charge in [-0.1, -0.05) is 11.3 Å². The van der Waals surface area contributed by atoms with Crippen molar-refractivity contribution in [1.82, 2.24) is 29.5 Å². The number of nitrogens with zero attached hydrogens (tertiary/aromatic N) is 6. The second kappa shape index (κ2) is 12.4. The molecular formula is C34H39N7O3S. The first-order chi connectivity index (χ1) is 21.9. The molecular weight excluding hydrogens is 586 g/mol. The van der Waals surface area contributed by atoms with E-state index in [4.69, 9.17) is 14.8 Å². The van der Waals surface area contributed by atoms with Crippen molar-refractivity contribution in [3.63, 3.8) is 0 Å². The number of aryl methyl sites for hydroxylation is 1. The number of hydrogen-bond acceptors (Lipinski definition) is 8. The molecule has 1 saturated carbocycles. The first-order valence-electron chi connectivity index (χ1n) is 15.9. The van der Waals surface area contributed by atoms with Crippen LogP contribution in [0, 0.1) is 0 Å². The molecule has 0 radical (unpaired) electrons. The third-order valence-electron chi connectivity index (χ3n) is 9.58. The molecule has 1 aromatic carbocycles. The summed E-state index contributed by atoms with van der Waals surface area (Å²) >= 11 is 1.45. The minimum Gasteiger partial charge on any atom is -0.496 e. The van der Waals surface area contributed by atoms with Crippen molar-refractivity contribution in [2.75, 3.05) is 32.6 Å². The van der Waals surface area contributed by atoms with Gasteiger partial charge in [-0.25, -0.2) is 9.67 Å². The number of anilines is 1. The molecule has 234 valence electrons. The van der Waals surface area contributed by atoms with Crippen molar-refractivity contribution in [2.45, 2.75) is 70.4 Å². The standard InChI is InChI=1S/C34H39N7O3S/c1-21(42)36-34-37-28-15-14-27-30(22-7-6-16-35-20-22)38-41(31(27)32(28)45-34)25-12-13-26(29(19-25)44-3)33(43)39(2)23-8-10-24(11-9-23)40-17-4-5-18-40/h6-7,12-13,16,19-20,23-24H,4-5,8-11,14-15,17-18H2,1-3H3,(H,36,37,42). The second-order valence-electron chi connectivity index (χ2n) is 12.3. The Hall–Kier alpha value is -4.09. The van der Waals surface area contributed by atoms with E-state index in [1.165, 1.54) is 44.2 Å². The lowest BCUT2D eigenvalue weighted by Crippen LogP contribution is -2.44. The van der Waals surface area contributed by atoms with Crippen LogP contribution >= 0.6 is 11.3 Å². The van der Waals surface area contributed by atoms with E-state index >= 15 is 0 Å². The van der Waals surface area contributed by atoms with Gasteiger partial charge in [-0.2, -0.15) is 5.10 Å². The monoisotopic (exact) mass is 625 g/mol. The fraction of sp³-hybridized carbons (Fsp3) is 0.441. The fourth-order valence-electron chi connectivity index (χ4n) is 7.26. The van der Waals surface area contributed by atoms with Gasteiger partial charge in [0.1, 0.15) is 5.75 Å². The molecule has 1 aliphatic heterocycles. The maximum Gasteiger partial charge on any atom is 0.257 e. The zero-order valence-corrected chi connectivity index (χ0v) is 26.9. The van der Waals surface area contributed by atoms with Crippen LogP contribution < -0.4 is 10.1 Å². The summed E-state index contributed by atoms with van der Waals surface area (Å²) in [6.07, 6.45) is 12.0. The summed E-state index contributed by atoms with van der Waals surface area (Å²) in [5.74, 6) is 0.341. The van der Waals surface area contributed by atoms with Crippen LogP contribution in [0.3, 0.4) is 0 Å². The first-order valence-corrected chi connectivity index (χ1v) is 16.7. The van der Waals surface area contributed by atoms with Gasteiger partial charge >= 0.3 is 0 Å². The van der Waals surface area contributed by atoms with E-state index in [9.17, 15) is 9.59 Å².